The fourth-order valence-electron chi connectivity index (χ4n) is 2.48. The van der Waals surface area contributed by atoms with E-state index in [0.717, 1.165) is 6.92 Å². The van der Waals surface area contributed by atoms with Crippen LogP contribution in [0.4, 0.5) is 0 Å². The van der Waals surface area contributed by atoms with Crippen LogP contribution in [0, 0.1) is 5.92 Å². The minimum absolute atomic E-state index is 0.424. The highest BCUT2D eigenvalue weighted by Crippen LogP contribution is 2.10. The lowest BCUT2D eigenvalue weighted by atomic mass is 9.97. The Morgan fingerprint density at radius 3 is 1.74 bits per heavy atom. The summed E-state index contributed by atoms with van der Waals surface area (Å²) in [4.78, 5) is 60.0. The van der Waals surface area contributed by atoms with Crippen LogP contribution in [0.2, 0.25) is 0 Å². The summed E-state index contributed by atoms with van der Waals surface area (Å²) in [7, 11) is 0. The molecular weight excluding hydrogens is 414 g/mol. The quantitative estimate of drug-likeness (QED) is 0.140. The largest absolute Gasteiger partial charge is 0.480 e. The van der Waals surface area contributed by atoms with E-state index in [9.17, 15) is 34.2 Å². The van der Waals surface area contributed by atoms with Crippen LogP contribution in [0.3, 0.4) is 0 Å². The third kappa shape index (κ3) is 9.27. The zero-order valence-electron chi connectivity index (χ0n) is 18.0. The molecule has 31 heavy (non-hydrogen) atoms. The Morgan fingerprint density at radius 2 is 1.35 bits per heavy atom. The summed E-state index contributed by atoms with van der Waals surface area (Å²) in [6.07, 6.45) is -2.85. The number of carboxylic acid groups (broad SMARTS) is 1. The molecule has 0 rings (SSSR count). The van der Waals surface area contributed by atoms with E-state index in [1.807, 2.05) is 5.32 Å². The molecule has 0 aliphatic rings. The lowest BCUT2D eigenvalue weighted by Crippen LogP contribution is -2.60. The summed E-state index contributed by atoms with van der Waals surface area (Å²) in [6.45, 7) is 5.84. The molecule has 13 nitrogen and oxygen atoms in total. The molecular formula is C18H33N5O8. The summed E-state index contributed by atoms with van der Waals surface area (Å²) in [6, 6.07) is -5.71. The van der Waals surface area contributed by atoms with Crippen LogP contribution in [0.5, 0.6) is 0 Å². The molecule has 7 atom stereocenters. The van der Waals surface area contributed by atoms with Gasteiger partial charge in [-0.1, -0.05) is 20.3 Å². The highest BCUT2D eigenvalue weighted by Gasteiger charge is 2.34. The summed E-state index contributed by atoms with van der Waals surface area (Å²) < 4.78 is 0. The van der Waals surface area contributed by atoms with Gasteiger partial charge in [0.25, 0.3) is 0 Å². The molecule has 0 radical (unpaired) electrons. The Morgan fingerprint density at radius 1 is 0.839 bits per heavy atom. The molecule has 4 amide bonds. The maximum atomic E-state index is 12.8. The van der Waals surface area contributed by atoms with Crippen molar-refractivity contribution in [3.05, 3.63) is 0 Å². The molecule has 0 saturated heterocycles. The van der Waals surface area contributed by atoms with Gasteiger partial charge in [-0.25, -0.2) is 4.79 Å². The predicted octanol–water partition coefficient (Wildman–Crippen LogP) is -3.46. The molecule has 10 N–H and O–H groups in total. The van der Waals surface area contributed by atoms with Gasteiger partial charge in [-0.3, -0.25) is 19.2 Å². The van der Waals surface area contributed by atoms with Crippen molar-refractivity contribution in [1.82, 2.24) is 16.0 Å². The predicted molar refractivity (Wildman–Crippen MR) is 108 cm³/mol. The molecule has 0 spiro atoms. The van der Waals surface area contributed by atoms with Gasteiger partial charge in [0.2, 0.25) is 23.6 Å². The van der Waals surface area contributed by atoms with Gasteiger partial charge in [0.05, 0.1) is 18.6 Å². The van der Waals surface area contributed by atoms with Crippen LogP contribution in [-0.2, 0) is 24.0 Å². The van der Waals surface area contributed by atoms with E-state index < -0.39 is 78.3 Å². The SMILES string of the molecule is CCC(C)C(NC(=O)C(N)C(C)O)C(=O)NC(CC(N)=O)C(=O)NC(C(=O)O)C(C)O. The van der Waals surface area contributed by atoms with E-state index in [1.54, 1.807) is 13.8 Å². The average Bonchev–Trinajstić information content (AvgIpc) is 2.66. The van der Waals surface area contributed by atoms with Crippen LogP contribution in [0.15, 0.2) is 0 Å². The Balaban J connectivity index is 5.59. The first-order chi connectivity index (χ1) is 14.2. The lowest BCUT2D eigenvalue weighted by molar-refractivity contribution is -0.145. The second kappa shape index (κ2) is 12.8. The number of carboxylic acids is 1. The van der Waals surface area contributed by atoms with Crippen molar-refractivity contribution in [3.63, 3.8) is 0 Å². The highest BCUT2D eigenvalue weighted by molar-refractivity contribution is 5.96. The standard InChI is InChI=1S/C18H33N5O8/c1-5-7(2)13(22-16(28)12(20)8(3)24)17(29)21-10(6-11(19)26)15(27)23-14(9(4)25)18(30)31/h7-10,12-14,24-25H,5-6,20H2,1-4H3,(H2,19,26)(H,21,29)(H,22,28)(H,23,27)(H,30,31). The monoisotopic (exact) mass is 447 g/mol. The number of aliphatic hydroxyl groups is 2. The summed E-state index contributed by atoms with van der Waals surface area (Å²) in [5.74, 6) is -5.60. The first-order valence-corrected chi connectivity index (χ1v) is 9.76. The van der Waals surface area contributed by atoms with Crippen LogP contribution in [0.1, 0.15) is 40.5 Å². The van der Waals surface area contributed by atoms with Gasteiger partial charge in [-0.15, -0.1) is 0 Å². The minimum Gasteiger partial charge on any atom is -0.480 e. The molecule has 0 aliphatic carbocycles. The van der Waals surface area contributed by atoms with Crippen molar-refractivity contribution in [3.8, 4) is 0 Å². The molecule has 0 saturated carbocycles. The second-order valence-corrected chi connectivity index (χ2v) is 7.43. The van der Waals surface area contributed by atoms with E-state index >= 15 is 0 Å². The number of hydrogen-bond donors (Lipinski definition) is 8. The number of nitrogens with two attached hydrogens (primary N) is 2. The van der Waals surface area contributed by atoms with Crippen molar-refractivity contribution in [2.24, 2.45) is 17.4 Å². The Bertz CT molecular complexity index is 669. The van der Waals surface area contributed by atoms with Crippen molar-refractivity contribution in [2.45, 2.75) is 76.9 Å². The summed E-state index contributed by atoms with van der Waals surface area (Å²) in [5.41, 5.74) is 10.7. The van der Waals surface area contributed by atoms with Gasteiger partial charge < -0.3 is 42.7 Å². The van der Waals surface area contributed by atoms with Crippen LogP contribution in [-0.4, -0.2) is 81.3 Å². The first kappa shape index (κ1) is 28.2. The summed E-state index contributed by atoms with van der Waals surface area (Å²) >= 11 is 0. The number of carbonyl (C=O) groups is 5. The van der Waals surface area contributed by atoms with Gasteiger partial charge in [0, 0.05) is 0 Å². The van der Waals surface area contributed by atoms with E-state index in [0.29, 0.717) is 6.42 Å². The highest BCUT2D eigenvalue weighted by atomic mass is 16.4. The molecule has 13 heteroatoms. The van der Waals surface area contributed by atoms with Crippen molar-refractivity contribution in [2.75, 3.05) is 0 Å². The van der Waals surface area contributed by atoms with Crippen LogP contribution in [0.25, 0.3) is 0 Å². The number of aliphatic carboxylic acids is 1. The molecule has 0 aromatic carbocycles. The number of nitrogens with one attached hydrogen (secondary N) is 3. The maximum absolute atomic E-state index is 12.8. The van der Waals surface area contributed by atoms with Crippen molar-refractivity contribution in [1.29, 1.82) is 0 Å². The third-order valence-corrected chi connectivity index (χ3v) is 4.70. The molecule has 0 bridgehead atoms. The van der Waals surface area contributed by atoms with Gasteiger partial charge in [0.1, 0.15) is 18.1 Å². The third-order valence-electron chi connectivity index (χ3n) is 4.70. The van der Waals surface area contributed by atoms with E-state index in [4.69, 9.17) is 16.6 Å². The molecule has 0 fully saturated rings. The van der Waals surface area contributed by atoms with Gasteiger partial charge in [0.15, 0.2) is 6.04 Å². The average molecular weight is 447 g/mol. The Hall–Kier alpha value is -2.77. The topological polar surface area (TPSA) is 234 Å². The normalized spacial score (nSPS) is 17.8. The number of rotatable bonds is 13. The summed E-state index contributed by atoms with van der Waals surface area (Å²) in [5, 5.41) is 34.8. The van der Waals surface area contributed by atoms with Gasteiger partial charge in [-0.2, -0.15) is 0 Å². The first-order valence-electron chi connectivity index (χ1n) is 9.76. The minimum atomic E-state index is -1.69. The molecule has 0 aromatic heterocycles. The van der Waals surface area contributed by atoms with E-state index in [2.05, 4.69) is 10.6 Å². The second-order valence-electron chi connectivity index (χ2n) is 7.43. The van der Waals surface area contributed by atoms with E-state index in [1.165, 1.54) is 6.92 Å². The molecule has 0 heterocycles. The van der Waals surface area contributed by atoms with Crippen LogP contribution >= 0.6 is 0 Å². The zero-order chi connectivity index (χ0) is 24.5. The fourth-order valence-corrected chi connectivity index (χ4v) is 2.48. The molecule has 0 aromatic rings. The lowest BCUT2D eigenvalue weighted by Gasteiger charge is -2.28. The smallest absolute Gasteiger partial charge is 0.328 e. The number of amides is 4. The molecule has 0 aliphatic heterocycles. The molecule has 7 unspecified atom stereocenters. The van der Waals surface area contributed by atoms with Crippen LogP contribution < -0.4 is 27.4 Å². The van der Waals surface area contributed by atoms with Crippen molar-refractivity contribution >= 4 is 29.6 Å². The maximum Gasteiger partial charge on any atom is 0.328 e. The van der Waals surface area contributed by atoms with Gasteiger partial charge >= 0.3 is 5.97 Å². The molecule has 178 valence electrons. The Labute approximate surface area is 179 Å². The van der Waals surface area contributed by atoms with E-state index in [-0.39, 0.29) is 0 Å². The van der Waals surface area contributed by atoms with Crippen molar-refractivity contribution < 1.29 is 39.3 Å². The van der Waals surface area contributed by atoms with Gasteiger partial charge in [-0.05, 0) is 19.8 Å². The zero-order valence-corrected chi connectivity index (χ0v) is 18.0. The number of aliphatic hydroxyl groups excluding tert-OH is 2. The number of carbonyl (C=O) groups excluding carboxylic acids is 4. The number of primary amides is 1. The number of hydrogen-bond acceptors (Lipinski definition) is 8. The fraction of sp³-hybridized carbons (Fsp3) is 0.722. The Kier molecular flexibility index (Phi) is 11.7.